The molecular formula is C20H17N3O5. The number of benzene rings is 2. The summed E-state index contributed by atoms with van der Waals surface area (Å²) in [6.45, 7) is 5.34. The Bertz CT molecular complexity index is 1070. The fraction of sp³-hybridized carbons (Fsp3) is 0.150. The molecule has 0 aliphatic carbocycles. The molecule has 0 unspecified atom stereocenters. The van der Waals surface area contributed by atoms with Crippen molar-refractivity contribution in [2.75, 3.05) is 4.90 Å². The van der Waals surface area contributed by atoms with Crippen LogP contribution in [0.5, 0.6) is 0 Å². The number of nitrogens with zero attached hydrogens (tertiary/aromatic N) is 2. The van der Waals surface area contributed by atoms with E-state index in [1.807, 2.05) is 13.8 Å². The van der Waals surface area contributed by atoms with Gasteiger partial charge in [0.1, 0.15) is 5.57 Å². The molecule has 0 radical (unpaired) electrons. The van der Waals surface area contributed by atoms with Gasteiger partial charge in [-0.3, -0.25) is 25.0 Å². The number of rotatable bonds is 3. The summed E-state index contributed by atoms with van der Waals surface area (Å²) in [4.78, 5) is 48.8. The third-order valence-corrected chi connectivity index (χ3v) is 4.59. The quantitative estimate of drug-likeness (QED) is 0.381. The number of anilines is 1. The van der Waals surface area contributed by atoms with Crippen molar-refractivity contribution in [3.05, 3.63) is 74.3 Å². The number of barbiturate groups is 1. The van der Waals surface area contributed by atoms with Crippen molar-refractivity contribution >= 4 is 35.3 Å². The topological polar surface area (TPSA) is 110 Å². The summed E-state index contributed by atoms with van der Waals surface area (Å²) in [6.07, 6.45) is 1.24. The van der Waals surface area contributed by atoms with Gasteiger partial charge < -0.3 is 0 Å². The lowest BCUT2D eigenvalue weighted by molar-refractivity contribution is -0.385. The minimum Gasteiger partial charge on any atom is -0.273 e. The summed E-state index contributed by atoms with van der Waals surface area (Å²) in [6, 6.07) is 8.59. The van der Waals surface area contributed by atoms with Crippen LogP contribution in [-0.2, 0) is 9.59 Å². The minimum atomic E-state index is -0.849. The van der Waals surface area contributed by atoms with Crippen molar-refractivity contribution in [2.45, 2.75) is 20.8 Å². The number of imide groups is 2. The summed E-state index contributed by atoms with van der Waals surface area (Å²) in [5.41, 5.74) is 2.57. The highest BCUT2D eigenvalue weighted by Gasteiger charge is 2.37. The van der Waals surface area contributed by atoms with Crippen LogP contribution in [-0.4, -0.2) is 22.8 Å². The molecule has 28 heavy (non-hydrogen) atoms. The van der Waals surface area contributed by atoms with E-state index in [-0.39, 0.29) is 11.3 Å². The molecule has 3 rings (SSSR count). The van der Waals surface area contributed by atoms with E-state index < -0.39 is 22.8 Å². The van der Waals surface area contributed by atoms with Gasteiger partial charge in [0.2, 0.25) is 0 Å². The van der Waals surface area contributed by atoms with Crippen LogP contribution in [0.15, 0.2) is 42.0 Å². The molecule has 0 spiro atoms. The molecule has 8 heteroatoms. The molecule has 0 aromatic heterocycles. The lowest BCUT2D eigenvalue weighted by Crippen LogP contribution is -2.54. The first-order valence-electron chi connectivity index (χ1n) is 8.43. The molecule has 1 heterocycles. The van der Waals surface area contributed by atoms with E-state index in [2.05, 4.69) is 5.32 Å². The average Bonchev–Trinajstić information content (AvgIpc) is 2.62. The van der Waals surface area contributed by atoms with Crippen molar-refractivity contribution in [1.82, 2.24) is 5.32 Å². The minimum absolute atomic E-state index is 0.125. The van der Waals surface area contributed by atoms with Gasteiger partial charge in [-0.25, -0.2) is 9.69 Å². The van der Waals surface area contributed by atoms with Crippen molar-refractivity contribution < 1.29 is 19.3 Å². The Morgan fingerprint density at radius 2 is 1.64 bits per heavy atom. The summed E-state index contributed by atoms with van der Waals surface area (Å²) in [7, 11) is 0. The standard InChI is InChI=1S/C20H17N3O5/c1-11-5-7-15(8-13(11)3)22-19(25)16(18(24)21-20(22)26)9-14-6-4-12(2)17(10-14)23(27)28/h4-10H,1-3H3,(H,21,24,26)/b16-9+. The Hall–Kier alpha value is -3.81. The molecular weight excluding hydrogens is 362 g/mol. The van der Waals surface area contributed by atoms with Gasteiger partial charge in [0.05, 0.1) is 10.6 Å². The third kappa shape index (κ3) is 3.39. The first-order chi connectivity index (χ1) is 13.2. The zero-order valence-electron chi connectivity index (χ0n) is 15.5. The Balaban J connectivity index is 2.05. The Morgan fingerprint density at radius 1 is 0.964 bits per heavy atom. The second kappa shape index (κ2) is 7.07. The van der Waals surface area contributed by atoms with Gasteiger partial charge in [-0.1, -0.05) is 18.2 Å². The van der Waals surface area contributed by atoms with Crippen LogP contribution >= 0.6 is 0 Å². The zero-order chi connectivity index (χ0) is 20.6. The molecule has 142 valence electrons. The molecule has 2 aromatic rings. The summed E-state index contributed by atoms with van der Waals surface area (Å²) >= 11 is 0. The van der Waals surface area contributed by atoms with Crippen molar-refractivity contribution in [3.8, 4) is 0 Å². The average molecular weight is 379 g/mol. The predicted molar refractivity (Wildman–Crippen MR) is 103 cm³/mol. The Labute approximate surface area is 160 Å². The van der Waals surface area contributed by atoms with Gasteiger partial charge in [-0.05, 0) is 55.7 Å². The number of urea groups is 1. The predicted octanol–water partition coefficient (Wildman–Crippen LogP) is 3.19. The van der Waals surface area contributed by atoms with Gasteiger partial charge in [0.25, 0.3) is 17.5 Å². The molecule has 1 N–H and O–H groups in total. The molecule has 1 aliphatic rings. The Morgan fingerprint density at radius 3 is 2.29 bits per heavy atom. The molecule has 0 bridgehead atoms. The monoisotopic (exact) mass is 379 g/mol. The summed E-state index contributed by atoms with van der Waals surface area (Å²) in [5.74, 6) is -1.64. The number of carbonyl (C=O) groups is 3. The van der Waals surface area contributed by atoms with Gasteiger partial charge in [-0.2, -0.15) is 0 Å². The zero-order valence-corrected chi connectivity index (χ0v) is 15.5. The molecule has 1 saturated heterocycles. The number of hydrogen-bond acceptors (Lipinski definition) is 5. The highest BCUT2D eigenvalue weighted by atomic mass is 16.6. The largest absolute Gasteiger partial charge is 0.335 e. The maximum absolute atomic E-state index is 12.9. The van der Waals surface area contributed by atoms with E-state index in [0.717, 1.165) is 16.0 Å². The fourth-order valence-corrected chi connectivity index (χ4v) is 2.84. The second-order valence-corrected chi connectivity index (χ2v) is 6.53. The number of aryl methyl sites for hydroxylation is 3. The molecule has 0 atom stereocenters. The smallest absolute Gasteiger partial charge is 0.273 e. The summed E-state index contributed by atoms with van der Waals surface area (Å²) < 4.78 is 0. The molecule has 1 aliphatic heterocycles. The van der Waals surface area contributed by atoms with Crippen LogP contribution < -0.4 is 10.2 Å². The molecule has 4 amide bonds. The van der Waals surface area contributed by atoms with Crippen LogP contribution in [0.1, 0.15) is 22.3 Å². The lowest BCUT2D eigenvalue weighted by Gasteiger charge is -2.26. The molecule has 1 fully saturated rings. The number of nitrogens with one attached hydrogen (secondary N) is 1. The van der Waals surface area contributed by atoms with E-state index in [0.29, 0.717) is 16.8 Å². The highest BCUT2D eigenvalue weighted by molar-refractivity contribution is 6.39. The van der Waals surface area contributed by atoms with Gasteiger partial charge in [0.15, 0.2) is 0 Å². The Kier molecular flexibility index (Phi) is 4.79. The first-order valence-corrected chi connectivity index (χ1v) is 8.43. The van der Waals surface area contributed by atoms with Crippen LogP contribution in [0, 0.1) is 30.9 Å². The van der Waals surface area contributed by atoms with Crippen LogP contribution in [0.2, 0.25) is 0 Å². The molecule has 0 saturated carbocycles. The van der Waals surface area contributed by atoms with E-state index >= 15 is 0 Å². The van der Waals surface area contributed by atoms with Gasteiger partial charge in [0, 0.05) is 11.6 Å². The number of nitro benzene ring substituents is 1. The number of nitro groups is 1. The van der Waals surface area contributed by atoms with E-state index in [1.165, 1.54) is 18.2 Å². The maximum atomic E-state index is 12.9. The van der Waals surface area contributed by atoms with Gasteiger partial charge in [-0.15, -0.1) is 0 Å². The third-order valence-electron chi connectivity index (χ3n) is 4.59. The van der Waals surface area contributed by atoms with Gasteiger partial charge >= 0.3 is 6.03 Å². The van der Waals surface area contributed by atoms with E-state index in [4.69, 9.17) is 0 Å². The number of amides is 4. The van der Waals surface area contributed by atoms with Crippen molar-refractivity contribution in [2.24, 2.45) is 0 Å². The van der Waals surface area contributed by atoms with Crippen LogP contribution in [0.4, 0.5) is 16.2 Å². The summed E-state index contributed by atoms with van der Waals surface area (Å²) in [5, 5.41) is 13.3. The van der Waals surface area contributed by atoms with E-state index in [1.54, 1.807) is 31.2 Å². The lowest BCUT2D eigenvalue weighted by atomic mass is 10.0. The van der Waals surface area contributed by atoms with Crippen LogP contribution in [0.3, 0.4) is 0 Å². The molecule has 8 nitrogen and oxygen atoms in total. The second-order valence-electron chi connectivity index (χ2n) is 6.53. The highest BCUT2D eigenvalue weighted by Crippen LogP contribution is 2.25. The molecule has 2 aromatic carbocycles. The maximum Gasteiger partial charge on any atom is 0.335 e. The van der Waals surface area contributed by atoms with Crippen LogP contribution in [0.25, 0.3) is 6.08 Å². The normalized spacial score (nSPS) is 15.8. The number of hydrogen-bond donors (Lipinski definition) is 1. The first kappa shape index (κ1) is 19.0. The van der Waals surface area contributed by atoms with Crippen molar-refractivity contribution in [3.63, 3.8) is 0 Å². The van der Waals surface area contributed by atoms with E-state index in [9.17, 15) is 24.5 Å². The number of carbonyl (C=O) groups excluding carboxylic acids is 3. The fourth-order valence-electron chi connectivity index (χ4n) is 2.84. The SMILES string of the molecule is Cc1ccc(N2C(=O)NC(=O)/C(=C\c3ccc(C)c([N+](=O)[O-])c3)C2=O)cc1C. The van der Waals surface area contributed by atoms with Crippen molar-refractivity contribution in [1.29, 1.82) is 0 Å².